The minimum Gasteiger partial charge on any atom is -0.342 e. The third kappa shape index (κ3) is 3.78. The Labute approximate surface area is 150 Å². The van der Waals surface area contributed by atoms with Crippen LogP contribution >= 0.6 is 0 Å². The van der Waals surface area contributed by atoms with Crippen LogP contribution in [0.5, 0.6) is 0 Å². The van der Waals surface area contributed by atoms with E-state index in [4.69, 9.17) is 0 Å². The van der Waals surface area contributed by atoms with E-state index in [9.17, 15) is 4.79 Å². The third-order valence-electron chi connectivity index (χ3n) is 5.35. The lowest BCUT2D eigenvalue weighted by Gasteiger charge is -2.35. The Morgan fingerprint density at radius 2 is 1.88 bits per heavy atom. The van der Waals surface area contributed by atoms with Crippen LogP contribution < -0.4 is 0 Å². The van der Waals surface area contributed by atoms with Gasteiger partial charge >= 0.3 is 0 Å². The highest BCUT2D eigenvalue weighted by molar-refractivity contribution is 5.84. The fourth-order valence-electron chi connectivity index (χ4n) is 3.98. The predicted octanol–water partition coefficient (Wildman–Crippen LogP) is 4.05. The van der Waals surface area contributed by atoms with Gasteiger partial charge in [-0.05, 0) is 31.2 Å². The zero-order valence-corrected chi connectivity index (χ0v) is 15.6. The zero-order chi connectivity index (χ0) is 17.8. The van der Waals surface area contributed by atoms with Crippen LogP contribution in [-0.2, 0) is 11.3 Å². The molecule has 4 heteroatoms. The Morgan fingerprint density at radius 3 is 2.48 bits per heavy atom. The van der Waals surface area contributed by atoms with Crippen LogP contribution in [0.15, 0.2) is 42.7 Å². The van der Waals surface area contributed by atoms with Crippen LogP contribution in [0, 0.1) is 5.92 Å². The number of rotatable bonds is 5. The van der Waals surface area contributed by atoms with Gasteiger partial charge in [-0.2, -0.15) is 0 Å². The molecule has 0 bridgehead atoms. The molecule has 0 radical (unpaired) electrons. The van der Waals surface area contributed by atoms with Crippen LogP contribution in [0.25, 0.3) is 0 Å². The maximum Gasteiger partial charge on any atom is 0.230 e. The second-order valence-corrected chi connectivity index (χ2v) is 7.30. The Hall–Kier alpha value is -2.10. The number of nitrogens with zero attached hydrogens (tertiary/aromatic N) is 3. The summed E-state index contributed by atoms with van der Waals surface area (Å²) in [7, 11) is 0. The number of aromatic nitrogens is 2. The lowest BCUT2D eigenvalue weighted by atomic mass is 9.86. The van der Waals surface area contributed by atoms with Crippen molar-refractivity contribution in [2.45, 2.75) is 52.0 Å². The molecule has 1 atom stereocenters. The Kier molecular flexibility index (Phi) is 5.57. The van der Waals surface area contributed by atoms with E-state index in [-0.39, 0.29) is 11.8 Å². The number of hydrogen-bond acceptors (Lipinski definition) is 2. The lowest BCUT2D eigenvalue weighted by Crippen LogP contribution is -2.42. The highest BCUT2D eigenvalue weighted by Crippen LogP contribution is 2.31. The number of benzene rings is 1. The van der Waals surface area contributed by atoms with Gasteiger partial charge in [0.25, 0.3) is 0 Å². The van der Waals surface area contributed by atoms with Crippen molar-refractivity contribution in [3.05, 3.63) is 54.1 Å². The molecule has 1 amide bonds. The summed E-state index contributed by atoms with van der Waals surface area (Å²) >= 11 is 0. The Morgan fingerprint density at radius 1 is 1.20 bits per heavy atom. The molecular weight excluding hydrogens is 310 g/mol. The van der Waals surface area contributed by atoms with E-state index < -0.39 is 0 Å². The van der Waals surface area contributed by atoms with E-state index in [1.165, 1.54) is 5.82 Å². The molecule has 1 saturated heterocycles. The monoisotopic (exact) mass is 339 g/mol. The van der Waals surface area contributed by atoms with Crippen LogP contribution in [0.4, 0.5) is 0 Å². The molecule has 1 aromatic heterocycles. The minimum absolute atomic E-state index is 0.0459. The first-order valence-electron chi connectivity index (χ1n) is 9.46. The van der Waals surface area contributed by atoms with Gasteiger partial charge in [0.2, 0.25) is 5.91 Å². The van der Waals surface area contributed by atoms with Crippen LogP contribution in [0.1, 0.15) is 56.8 Å². The summed E-state index contributed by atoms with van der Waals surface area (Å²) in [6.07, 6.45) is 5.95. The molecule has 1 aromatic carbocycles. The molecule has 1 unspecified atom stereocenters. The van der Waals surface area contributed by atoms with Gasteiger partial charge in [-0.25, -0.2) is 4.98 Å². The summed E-state index contributed by atoms with van der Waals surface area (Å²) in [6, 6.07) is 10.2. The average molecular weight is 339 g/mol. The predicted molar refractivity (Wildman–Crippen MR) is 100 cm³/mol. The fraction of sp³-hybridized carbons (Fsp3) is 0.524. The summed E-state index contributed by atoms with van der Waals surface area (Å²) in [5.74, 6) is 2.17. The molecule has 1 fully saturated rings. The van der Waals surface area contributed by atoms with E-state index in [1.807, 2.05) is 24.4 Å². The van der Waals surface area contributed by atoms with Crippen molar-refractivity contribution in [2.24, 2.45) is 5.92 Å². The van der Waals surface area contributed by atoms with Gasteiger partial charge in [0.05, 0.1) is 5.92 Å². The van der Waals surface area contributed by atoms with E-state index in [2.05, 4.69) is 53.6 Å². The molecular formula is C21H29N3O. The second-order valence-electron chi connectivity index (χ2n) is 7.30. The normalized spacial score (nSPS) is 17.0. The molecule has 3 rings (SSSR count). The smallest absolute Gasteiger partial charge is 0.230 e. The zero-order valence-electron chi connectivity index (χ0n) is 15.6. The summed E-state index contributed by atoms with van der Waals surface area (Å²) in [6.45, 7) is 9.04. The fourth-order valence-corrected chi connectivity index (χ4v) is 3.98. The highest BCUT2D eigenvalue weighted by Gasteiger charge is 2.32. The van der Waals surface area contributed by atoms with Crippen molar-refractivity contribution in [3.63, 3.8) is 0 Å². The number of carbonyl (C=O) groups excluding carboxylic acids is 1. The Bertz CT molecular complexity index is 684. The first kappa shape index (κ1) is 17.7. The molecule has 0 saturated carbocycles. The minimum atomic E-state index is -0.0459. The molecule has 0 spiro atoms. The van der Waals surface area contributed by atoms with Gasteiger partial charge in [-0.1, -0.05) is 44.2 Å². The van der Waals surface area contributed by atoms with Gasteiger partial charge in [0.1, 0.15) is 5.82 Å². The molecule has 1 aliphatic rings. The number of hydrogen-bond donors (Lipinski definition) is 0. The topological polar surface area (TPSA) is 38.1 Å². The molecule has 1 aliphatic heterocycles. The van der Waals surface area contributed by atoms with Gasteiger partial charge in [-0.3, -0.25) is 4.79 Å². The number of aryl methyl sites for hydroxylation is 1. The average Bonchev–Trinajstić information content (AvgIpc) is 3.11. The number of amides is 1. The van der Waals surface area contributed by atoms with Crippen molar-refractivity contribution in [1.29, 1.82) is 0 Å². The first-order valence-corrected chi connectivity index (χ1v) is 9.46. The maximum atomic E-state index is 13.2. The molecule has 2 aromatic rings. The van der Waals surface area contributed by atoms with E-state index in [1.54, 1.807) is 0 Å². The van der Waals surface area contributed by atoms with Gasteiger partial charge < -0.3 is 9.47 Å². The van der Waals surface area contributed by atoms with Crippen molar-refractivity contribution in [2.75, 3.05) is 13.1 Å². The van der Waals surface area contributed by atoms with Gasteiger partial charge in [0.15, 0.2) is 0 Å². The number of imidazole rings is 1. The Balaban J connectivity index is 1.68. The number of likely N-dealkylation sites (tertiary alicyclic amines) is 1. The summed E-state index contributed by atoms with van der Waals surface area (Å²) in [5.41, 5.74) is 1.13. The quantitative estimate of drug-likeness (QED) is 0.824. The molecule has 0 N–H and O–H groups in total. The highest BCUT2D eigenvalue weighted by atomic mass is 16.2. The second kappa shape index (κ2) is 7.85. The number of piperidine rings is 1. The summed E-state index contributed by atoms with van der Waals surface area (Å²) < 4.78 is 2.23. The van der Waals surface area contributed by atoms with E-state index >= 15 is 0 Å². The van der Waals surface area contributed by atoms with Crippen molar-refractivity contribution in [1.82, 2.24) is 14.5 Å². The molecule has 2 heterocycles. The van der Waals surface area contributed by atoms with Crippen molar-refractivity contribution < 1.29 is 4.79 Å². The van der Waals surface area contributed by atoms with Crippen molar-refractivity contribution in [3.8, 4) is 0 Å². The van der Waals surface area contributed by atoms with E-state index in [0.717, 1.165) is 38.0 Å². The first-order chi connectivity index (χ1) is 12.1. The molecule has 134 valence electrons. The number of carbonyl (C=O) groups is 1. The SMILES string of the molecule is CCn1ccnc1C1CCN(C(=O)C(c2ccccc2)C(C)C)CC1. The van der Waals surface area contributed by atoms with Crippen LogP contribution in [0.3, 0.4) is 0 Å². The van der Waals surface area contributed by atoms with E-state index in [0.29, 0.717) is 11.8 Å². The maximum absolute atomic E-state index is 13.2. The van der Waals surface area contributed by atoms with Crippen LogP contribution in [0.2, 0.25) is 0 Å². The summed E-state index contributed by atoms with van der Waals surface area (Å²) in [4.78, 5) is 19.8. The molecule has 4 nitrogen and oxygen atoms in total. The molecule has 25 heavy (non-hydrogen) atoms. The standard InChI is InChI=1S/C21H29N3O/c1-4-23-15-12-22-20(23)18-10-13-24(14-11-18)21(25)19(16(2)3)17-8-6-5-7-9-17/h5-9,12,15-16,18-19H,4,10-11,13-14H2,1-3H3. The van der Waals surface area contributed by atoms with Gasteiger partial charge in [-0.15, -0.1) is 0 Å². The largest absolute Gasteiger partial charge is 0.342 e. The third-order valence-corrected chi connectivity index (χ3v) is 5.35. The van der Waals surface area contributed by atoms with Gasteiger partial charge in [0, 0.05) is 37.9 Å². The molecule has 0 aliphatic carbocycles. The van der Waals surface area contributed by atoms with Crippen molar-refractivity contribution >= 4 is 5.91 Å². The lowest BCUT2D eigenvalue weighted by molar-refractivity contribution is -0.135. The summed E-state index contributed by atoms with van der Waals surface area (Å²) in [5, 5.41) is 0. The van der Waals surface area contributed by atoms with Crippen LogP contribution in [-0.4, -0.2) is 33.4 Å².